The number of nitriles is 1. The fourth-order valence-corrected chi connectivity index (χ4v) is 3.16. The van der Waals surface area contributed by atoms with Crippen LogP contribution < -0.4 is 0 Å². The summed E-state index contributed by atoms with van der Waals surface area (Å²) >= 11 is 1.66. The van der Waals surface area contributed by atoms with Crippen LogP contribution in [0.3, 0.4) is 0 Å². The molecule has 0 unspecified atom stereocenters. The second kappa shape index (κ2) is 4.01. The smallest absolute Gasteiger partial charge is 0.0976 e. The van der Waals surface area contributed by atoms with E-state index in [2.05, 4.69) is 21.4 Å². The maximum atomic E-state index is 9.21. The number of rotatable bonds is 3. The molecule has 3 nitrogen and oxygen atoms in total. The number of nitrogens with one attached hydrogen (secondary N) is 1. The highest BCUT2D eigenvalue weighted by Crippen LogP contribution is 2.43. The van der Waals surface area contributed by atoms with E-state index >= 15 is 0 Å². The lowest BCUT2D eigenvalue weighted by atomic mass is 9.68. The van der Waals surface area contributed by atoms with Crippen LogP contribution in [0.5, 0.6) is 0 Å². The Kier molecular flexibility index (Phi) is 2.49. The second-order valence-corrected chi connectivity index (χ2v) is 5.58. The highest BCUT2D eigenvalue weighted by atomic mass is 32.1. The van der Waals surface area contributed by atoms with Gasteiger partial charge in [0.2, 0.25) is 0 Å². The van der Waals surface area contributed by atoms with Gasteiger partial charge in [-0.15, -0.1) is 11.3 Å². The summed E-state index contributed by atoms with van der Waals surface area (Å²) in [6.07, 6.45) is 5.95. The third-order valence-electron chi connectivity index (χ3n) is 3.46. The van der Waals surface area contributed by atoms with Gasteiger partial charge in [-0.25, -0.2) is 4.98 Å². The van der Waals surface area contributed by atoms with Gasteiger partial charge in [0.05, 0.1) is 27.9 Å². The molecule has 17 heavy (non-hydrogen) atoms. The van der Waals surface area contributed by atoms with Gasteiger partial charge < -0.3 is 4.98 Å². The molecular weight excluding hydrogens is 230 g/mol. The highest BCUT2D eigenvalue weighted by molar-refractivity contribution is 7.09. The molecule has 0 bridgehead atoms. The topological polar surface area (TPSA) is 52.5 Å². The molecule has 0 atom stereocenters. The average molecular weight is 243 g/mol. The molecule has 0 aromatic carbocycles. The normalized spacial score (nSPS) is 17.4. The van der Waals surface area contributed by atoms with Crippen molar-refractivity contribution in [2.75, 3.05) is 0 Å². The fraction of sp³-hybridized carbons (Fsp3) is 0.385. The zero-order valence-corrected chi connectivity index (χ0v) is 10.3. The van der Waals surface area contributed by atoms with Crippen LogP contribution >= 0.6 is 11.3 Å². The van der Waals surface area contributed by atoms with Crippen molar-refractivity contribution < 1.29 is 0 Å². The molecule has 4 heteroatoms. The summed E-state index contributed by atoms with van der Waals surface area (Å²) in [5, 5.41) is 12.3. The monoisotopic (exact) mass is 243 g/mol. The Bertz CT molecular complexity index is 543. The van der Waals surface area contributed by atoms with Gasteiger partial charge in [-0.1, -0.05) is 6.42 Å². The van der Waals surface area contributed by atoms with Crippen molar-refractivity contribution in [1.82, 2.24) is 9.97 Å². The lowest BCUT2D eigenvalue weighted by molar-refractivity contribution is 0.214. The zero-order chi connectivity index (χ0) is 11.7. The van der Waals surface area contributed by atoms with Gasteiger partial charge in [0.1, 0.15) is 0 Å². The van der Waals surface area contributed by atoms with Gasteiger partial charge in [-0.2, -0.15) is 5.26 Å². The van der Waals surface area contributed by atoms with E-state index in [0.717, 1.165) is 35.7 Å². The van der Waals surface area contributed by atoms with Crippen molar-refractivity contribution in [1.29, 1.82) is 5.26 Å². The van der Waals surface area contributed by atoms with Crippen molar-refractivity contribution in [2.45, 2.75) is 25.7 Å². The van der Waals surface area contributed by atoms with Crippen molar-refractivity contribution in [3.8, 4) is 17.5 Å². The van der Waals surface area contributed by atoms with Gasteiger partial charge in [0.25, 0.3) is 0 Å². The minimum atomic E-state index is -0.120. The van der Waals surface area contributed by atoms with Crippen LogP contribution in [0, 0.1) is 16.7 Å². The van der Waals surface area contributed by atoms with E-state index in [9.17, 15) is 5.26 Å². The molecule has 1 aliphatic carbocycles. The first-order valence-electron chi connectivity index (χ1n) is 5.81. The number of hydrogen-bond donors (Lipinski definition) is 1. The van der Waals surface area contributed by atoms with Gasteiger partial charge in [0, 0.05) is 18.0 Å². The Morgan fingerprint density at radius 2 is 2.41 bits per heavy atom. The van der Waals surface area contributed by atoms with E-state index in [4.69, 9.17) is 0 Å². The van der Waals surface area contributed by atoms with E-state index in [0.29, 0.717) is 0 Å². The summed E-state index contributed by atoms with van der Waals surface area (Å²) < 4.78 is 0. The Morgan fingerprint density at radius 1 is 1.53 bits per heavy atom. The van der Waals surface area contributed by atoms with Crippen molar-refractivity contribution in [3.63, 3.8) is 0 Å². The van der Waals surface area contributed by atoms with E-state index in [-0.39, 0.29) is 5.41 Å². The molecule has 2 heterocycles. The fourth-order valence-electron chi connectivity index (χ4n) is 2.23. The number of aromatic nitrogens is 2. The summed E-state index contributed by atoms with van der Waals surface area (Å²) in [5.74, 6) is 0. The van der Waals surface area contributed by atoms with Crippen molar-refractivity contribution in [3.05, 3.63) is 28.7 Å². The highest BCUT2D eigenvalue weighted by Gasteiger charge is 2.38. The molecular formula is C13H13N3S. The Hall–Kier alpha value is -1.60. The number of nitrogens with zero attached hydrogens (tertiary/aromatic N) is 2. The maximum absolute atomic E-state index is 9.21. The molecule has 3 rings (SSSR count). The summed E-state index contributed by atoms with van der Waals surface area (Å²) in [4.78, 5) is 7.75. The second-order valence-electron chi connectivity index (χ2n) is 4.63. The van der Waals surface area contributed by atoms with E-state index < -0.39 is 0 Å². The standard InChI is InChI=1S/C13H13N3S/c14-9-13(4-2-5-13)7-12-16-11(8-17-12)10-3-1-6-15-10/h1,3,6,8,15H,2,4-5,7H2. The first kappa shape index (κ1) is 10.5. The molecule has 0 radical (unpaired) electrons. The molecule has 0 spiro atoms. The van der Waals surface area contributed by atoms with E-state index in [1.807, 2.05) is 18.3 Å². The number of aromatic amines is 1. The van der Waals surface area contributed by atoms with Gasteiger partial charge in [0.15, 0.2) is 0 Å². The maximum Gasteiger partial charge on any atom is 0.0976 e. The minimum Gasteiger partial charge on any atom is -0.360 e. The summed E-state index contributed by atoms with van der Waals surface area (Å²) in [7, 11) is 0. The van der Waals surface area contributed by atoms with Crippen LogP contribution in [0.1, 0.15) is 24.3 Å². The lowest BCUT2D eigenvalue weighted by Gasteiger charge is -2.34. The predicted octanol–water partition coefficient (Wildman–Crippen LogP) is 3.37. The largest absolute Gasteiger partial charge is 0.360 e. The summed E-state index contributed by atoms with van der Waals surface area (Å²) in [6.45, 7) is 0. The van der Waals surface area contributed by atoms with Gasteiger partial charge in [-0.3, -0.25) is 0 Å². The third-order valence-corrected chi connectivity index (χ3v) is 4.31. The summed E-state index contributed by atoms with van der Waals surface area (Å²) in [6, 6.07) is 6.45. The number of hydrogen-bond acceptors (Lipinski definition) is 3. The molecule has 0 amide bonds. The number of thiazole rings is 1. The SMILES string of the molecule is N#CC1(Cc2nc(-c3ccc[nH]3)cs2)CCC1. The first-order valence-corrected chi connectivity index (χ1v) is 6.69. The van der Waals surface area contributed by atoms with Crippen LogP contribution in [0.25, 0.3) is 11.4 Å². The van der Waals surface area contributed by atoms with Crippen molar-refractivity contribution >= 4 is 11.3 Å². The first-order chi connectivity index (χ1) is 8.31. The van der Waals surface area contributed by atoms with Crippen LogP contribution in [-0.2, 0) is 6.42 Å². The molecule has 0 aliphatic heterocycles. The van der Waals surface area contributed by atoms with E-state index in [1.54, 1.807) is 11.3 Å². The van der Waals surface area contributed by atoms with Crippen LogP contribution in [0.15, 0.2) is 23.7 Å². The van der Waals surface area contributed by atoms with Gasteiger partial charge in [-0.05, 0) is 25.0 Å². The summed E-state index contributed by atoms with van der Waals surface area (Å²) in [5.41, 5.74) is 1.92. The molecule has 86 valence electrons. The Morgan fingerprint density at radius 3 is 3.00 bits per heavy atom. The zero-order valence-electron chi connectivity index (χ0n) is 9.44. The Labute approximate surface area is 104 Å². The molecule has 1 fully saturated rings. The molecule has 1 N–H and O–H groups in total. The molecule has 1 saturated carbocycles. The quantitative estimate of drug-likeness (QED) is 0.898. The van der Waals surface area contributed by atoms with Crippen LogP contribution in [-0.4, -0.2) is 9.97 Å². The van der Waals surface area contributed by atoms with E-state index in [1.165, 1.54) is 6.42 Å². The van der Waals surface area contributed by atoms with Crippen molar-refractivity contribution in [2.24, 2.45) is 5.41 Å². The van der Waals surface area contributed by atoms with Crippen LogP contribution in [0.4, 0.5) is 0 Å². The molecule has 2 aromatic heterocycles. The van der Waals surface area contributed by atoms with Gasteiger partial charge >= 0.3 is 0 Å². The average Bonchev–Trinajstić information content (AvgIpc) is 2.94. The number of H-pyrrole nitrogens is 1. The Balaban J connectivity index is 1.80. The predicted molar refractivity (Wildman–Crippen MR) is 67.5 cm³/mol. The molecule has 0 saturated heterocycles. The molecule has 1 aliphatic rings. The molecule has 2 aromatic rings. The lowest BCUT2D eigenvalue weighted by Crippen LogP contribution is -2.29. The minimum absolute atomic E-state index is 0.120. The van der Waals surface area contributed by atoms with Crippen LogP contribution in [0.2, 0.25) is 0 Å². The third kappa shape index (κ3) is 1.87.